The predicted octanol–water partition coefficient (Wildman–Crippen LogP) is 4.96. The van der Waals surface area contributed by atoms with Crippen LogP contribution in [0.25, 0.3) is 10.2 Å². The molecule has 1 aliphatic rings. The molecule has 3 heterocycles. The number of carbonyl (C=O) groups is 2. The van der Waals surface area contributed by atoms with Gasteiger partial charge in [-0.05, 0) is 31.2 Å². The second-order valence-electron chi connectivity index (χ2n) is 5.52. The summed E-state index contributed by atoms with van der Waals surface area (Å²) in [5.74, 6) is -0.634. The second kappa shape index (κ2) is 5.55. The minimum atomic E-state index is -0.527. The van der Waals surface area contributed by atoms with Crippen LogP contribution in [0.4, 0.5) is 0 Å². The van der Waals surface area contributed by atoms with Crippen molar-refractivity contribution < 1.29 is 9.59 Å². The Kier molecular flexibility index (Phi) is 3.60. The van der Waals surface area contributed by atoms with Crippen LogP contribution in [0.5, 0.6) is 0 Å². The van der Waals surface area contributed by atoms with Gasteiger partial charge in [0.15, 0.2) is 0 Å². The maximum Gasteiger partial charge on any atom is 0.262 e. The summed E-state index contributed by atoms with van der Waals surface area (Å²) in [5, 5.41) is 1.11. The molecule has 0 fully saturated rings. The molecule has 24 heavy (non-hydrogen) atoms. The Morgan fingerprint density at radius 3 is 2.33 bits per heavy atom. The summed E-state index contributed by atoms with van der Waals surface area (Å²) in [4.78, 5) is 31.5. The first-order valence-electron chi connectivity index (χ1n) is 7.20. The van der Waals surface area contributed by atoms with Gasteiger partial charge in [0.05, 0.1) is 21.5 Å². The van der Waals surface area contributed by atoms with E-state index in [0.29, 0.717) is 21.0 Å². The van der Waals surface area contributed by atoms with Gasteiger partial charge in [-0.25, -0.2) is 4.98 Å². The number of benzene rings is 1. The zero-order valence-electron chi connectivity index (χ0n) is 12.4. The van der Waals surface area contributed by atoms with Crippen LogP contribution in [0.1, 0.15) is 39.2 Å². The Hall–Kier alpha value is -1.95. The van der Waals surface area contributed by atoms with E-state index in [1.807, 2.05) is 6.07 Å². The second-order valence-corrected chi connectivity index (χ2v) is 7.54. The Bertz CT molecular complexity index is 980. The van der Waals surface area contributed by atoms with Crippen molar-refractivity contribution in [3.05, 3.63) is 62.6 Å². The van der Waals surface area contributed by atoms with E-state index >= 15 is 0 Å². The molecule has 1 atom stereocenters. The molecule has 0 spiro atoms. The molecule has 1 aromatic carbocycles. The van der Waals surface area contributed by atoms with Crippen molar-refractivity contribution in [3.63, 3.8) is 0 Å². The van der Waals surface area contributed by atoms with E-state index in [0.717, 1.165) is 10.2 Å². The Morgan fingerprint density at radius 1 is 1.08 bits per heavy atom. The summed E-state index contributed by atoms with van der Waals surface area (Å²) in [6.07, 6.45) is 0. The molecule has 3 aromatic rings. The van der Waals surface area contributed by atoms with E-state index in [2.05, 4.69) is 4.98 Å². The number of pyridine rings is 1. The van der Waals surface area contributed by atoms with Crippen LogP contribution in [0.2, 0.25) is 9.49 Å². The van der Waals surface area contributed by atoms with E-state index in [1.165, 1.54) is 16.2 Å². The van der Waals surface area contributed by atoms with Gasteiger partial charge in [-0.15, -0.1) is 11.3 Å². The number of halogens is 2. The molecule has 0 bridgehead atoms. The van der Waals surface area contributed by atoms with Crippen LogP contribution in [-0.2, 0) is 0 Å². The minimum absolute atomic E-state index is 0.269. The molecule has 7 heteroatoms. The largest absolute Gasteiger partial charge is 0.269 e. The van der Waals surface area contributed by atoms with Crippen molar-refractivity contribution in [3.8, 4) is 0 Å². The molecule has 4 rings (SSSR count). The first-order chi connectivity index (χ1) is 11.5. The highest BCUT2D eigenvalue weighted by atomic mass is 35.5. The van der Waals surface area contributed by atoms with Gasteiger partial charge in [0, 0.05) is 10.9 Å². The summed E-state index contributed by atoms with van der Waals surface area (Å²) in [7, 11) is 0. The fourth-order valence-corrected chi connectivity index (χ4v) is 4.36. The van der Waals surface area contributed by atoms with Crippen LogP contribution in [-0.4, -0.2) is 21.7 Å². The zero-order valence-corrected chi connectivity index (χ0v) is 14.7. The van der Waals surface area contributed by atoms with Crippen LogP contribution in [0, 0.1) is 0 Å². The molecule has 120 valence electrons. The van der Waals surface area contributed by atoms with Gasteiger partial charge in [0.1, 0.15) is 9.98 Å². The van der Waals surface area contributed by atoms with Crippen molar-refractivity contribution in [2.45, 2.75) is 13.0 Å². The molecule has 2 amide bonds. The number of fused-ring (bicyclic) bond motifs is 2. The third-order valence-electron chi connectivity index (χ3n) is 4.12. The molecule has 0 N–H and O–H groups in total. The summed E-state index contributed by atoms with van der Waals surface area (Å²) < 4.78 is 0.610. The Balaban J connectivity index is 1.80. The first kappa shape index (κ1) is 15.6. The smallest absolute Gasteiger partial charge is 0.262 e. The number of nitrogens with zero attached hydrogens (tertiary/aromatic N) is 2. The number of hydrogen-bond donors (Lipinski definition) is 0. The van der Waals surface area contributed by atoms with Gasteiger partial charge < -0.3 is 0 Å². The lowest BCUT2D eigenvalue weighted by Crippen LogP contribution is -2.32. The van der Waals surface area contributed by atoms with Gasteiger partial charge in [-0.1, -0.05) is 35.3 Å². The van der Waals surface area contributed by atoms with Crippen molar-refractivity contribution >= 4 is 56.6 Å². The molecular formula is C17H10Cl2N2O2S. The Labute approximate surface area is 151 Å². The molecule has 0 radical (unpaired) electrons. The lowest BCUT2D eigenvalue weighted by molar-refractivity contribution is 0.0595. The number of carbonyl (C=O) groups excluding carboxylic acids is 2. The van der Waals surface area contributed by atoms with E-state index in [4.69, 9.17) is 23.2 Å². The molecule has 1 unspecified atom stereocenters. The van der Waals surface area contributed by atoms with Gasteiger partial charge in [-0.3, -0.25) is 14.5 Å². The fraction of sp³-hybridized carbons (Fsp3) is 0.118. The van der Waals surface area contributed by atoms with Crippen LogP contribution in [0.3, 0.4) is 0 Å². The summed E-state index contributed by atoms with van der Waals surface area (Å²) in [6, 6.07) is 9.90. The molecule has 0 saturated carbocycles. The fourth-order valence-electron chi connectivity index (χ4n) is 2.93. The van der Waals surface area contributed by atoms with Crippen LogP contribution in [0.15, 0.2) is 36.4 Å². The van der Waals surface area contributed by atoms with Gasteiger partial charge in [0.2, 0.25) is 0 Å². The van der Waals surface area contributed by atoms with Crippen LogP contribution < -0.4 is 0 Å². The standard InChI is InChI=1S/C17H10Cl2N2O2S/c1-8(12-6-9-7-13(18)24-15(9)20-14(12)19)21-16(22)10-4-2-3-5-11(10)17(21)23/h2-8H,1H3. The van der Waals surface area contributed by atoms with Crippen molar-refractivity contribution in [2.24, 2.45) is 0 Å². The molecule has 0 saturated heterocycles. The van der Waals surface area contributed by atoms with Crippen molar-refractivity contribution in [1.82, 2.24) is 9.88 Å². The number of amides is 2. The van der Waals surface area contributed by atoms with Crippen LogP contribution >= 0.6 is 34.5 Å². The summed E-state index contributed by atoms with van der Waals surface area (Å²) in [5.41, 5.74) is 1.45. The Morgan fingerprint density at radius 2 is 1.71 bits per heavy atom. The lowest BCUT2D eigenvalue weighted by atomic mass is 10.1. The highest BCUT2D eigenvalue weighted by molar-refractivity contribution is 7.22. The SMILES string of the molecule is CC(c1cc2cc(Cl)sc2nc1Cl)N1C(=O)c2ccccc2C1=O. The number of imide groups is 1. The van der Waals surface area contributed by atoms with E-state index in [1.54, 1.807) is 37.3 Å². The quantitative estimate of drug-likeness (QED) is 0.469. The minimum Gasteiger partial charge on any atom is -0.269 e. The highest BCUT2D eigenvalue weighted by Gasteiger charge is 2.39. The molecule has 4 nitrogen and oxygen atoms in total. The average Bonchev–Trinajstić information content (AvgIpc) is 3.03. The number of rotatable bonds is 2. The predicted molar refractivity (Wildman–Crippen MR) is 95.0 cm³/mol. The maximum atomic E-state index is 12.6. The molecule has 2 aromatic heterocycles. The highest BCUT2D eigenvalue weighted by Crippen LogP contribution is 2.37. The third kappa shape index (κ3) is 2.24. The van der Waals surface area contributed by atoms with Crippen molar-refractivity contribution in [1.29, 1.82) is 0 Å². The number of hydrogen-bond acceptors (Lipinski definition) is 4. The average molecular weight is 377 g/mol. The normalized spacial score (nSPS) is 15.2. The first-order valence-corrected chi connectivity index (χ1v) is 8.77. The van der Waals surface area contributed by atoms with Gasteiger partial charge in [-0.2, -0.15) is 0 Å². The van der Waals surface area contributed by atoms with E-state index < -0.39 is 6.04 Å². The number of thiophene rings is 1. The molecule has 0 aliphatic carbocycles. The maximum absolute atomic E-state index is 12.6. The lowest BCUT2D eigenvalue weighted by Gasteiger charge is -2.23. The zero-order chi connectivity index (χ0) is 17.0. The van der Waals surface area contributed by atoms with Gasteiger partial charge >= 0.3 is 0 Å². The summed E-state index contributed by atoms with van der Waals surface area (Å²) in [6.45, 7) is 1.77. The summed E-state index contributed by atoms with van der Waals surface area (Å²) >= 11 is 13.6. The van der Waals surface area contributed by atoms with E-state index in [-0.39, 0.29) is 17.0 Å². The molecule has 1 aliphatic heterocycles. The van der Waals surface area contributed by atoms with Crippen molar-refractivity contribution in [2.75, 3.05) is 0 Å². The van der Waals surface area contributed by atoms with Gasteiger partial charge in [0.25, 0.3) is 11.8 Å². The molecular weight excluding hydrogens is 367 g/mol. The monoisotopic (exact) mass is 376 g/mol. The third-order valence-corrected chi connectivity index (χ3v) is 5.60. The van der Waals surface area contributed by atoms with E-state index in [9.17, 15) is 9.59 Å². The number of aromatic nitrogens is 1. The topological polar surface area (TPSA) is 50.3 Å².